The maximum atomic E-state index is 12.3. The van der Waals surface area contributed by atoms with E-state index in [2.05, 4.69) is 48.6 Å². The number of ketones is 1. The lowest BCUT2D eigenvalue weighted by Crippen LogP contribution is -2.42. The molecular weight excluding hydrogens is 324 g/mol. The van der Waals surface area contributed by atoms with Gasteiger partial charge in [0.25, 0.3) is 0 Å². The first kappa shape index (κ1) is 19.1. The molecule has 0 spiro atoms. The predicted octanol–water partition coefficient (Wildman–Crippen LogP) is 4.90. The lowest BCUT2D eigenvalue weighted by Gasteiger charge is -2.32. The zero-order valence-electron chi connectivity index (χ0n) is 15.7. The van der Waals surface area contributed by atoms with Crippen LogP contribution in [0.15, 0.2) is 65.8 Å². The molecule has 132 valence electrons. The molecule has 0 bridgehead atoms. The Hall–Kier alpha value is -2.20. The van der Waals surface area contributed by atoms with Gasteiger partial charge in [0, 0.05) is 18.6 Å². The van der Waals surface area contributed by atoms with Gasteiger partial charge in [0.1, 0.15) is 5.78 Å². The fraction of sp³-hybridized carbons (Fsp3) is 0.333. The standard InChI is InChI=1S/C21H28N2OSi/c1-18(15-21(24)16-19-11-7-5-8-12-19)22-23(25(2,3)4)17-20-13-9-6-10-14-20/h5-14H,15-17H2,1-4H3. The monoisotopic (exact) mass is 352 g/mol. The average Bonchev–Trinajstić information content (AvgIpc) is 2.55. The number of nitrogens with zero attached hydrogens (tertiary/aromatic N) is 2. The quantitative estimate of drug-likeness (QED) is 0.384. The van der Waals surface area contributed by atoms with Crippen LogP contribution in [0.3, 0.4) is 0 Å². The van der Waals surface area contributed by atoms with Gasteiger partial charge in [0.15, 0.2) is 8.24 Å². The molecule has 25 heavy (non-hydrogen) atoms. The fourth-order valence-electron chi connectivity index (χ4n) is 2.59. The van der Waals surface area contributed by atoms with Gasteiger partial charge in [-0.25, -0.2) is 0 Å². The van der Waals surface area contributed by atoms with Crippen LogP contribution in [0, 0.1) is 0 Å². The van der Waals surface area contributed by atoms with Crippen molar-refractivity contribution < 1.29 is 4.79 Å². The lowest BCUT2D eigenvalue weighted by atomic mass is 10.1. The average molecular weight is 353 g/mol. The minimum atomic E-state index is -1.62. The van der Waals surface area contributed by atoms with Crippen LogP contribution in [0.2, 0.25) is 19.6 Å². The maximum absolute atomic E-state index is 12.3. The number of rotatable bonds is 8. The van der Waals surface area contributed by atoms with Crippen LogP contribution in [0.1, 0.15) is 24.5 Å². The Bertz CT molecular complexity index is 706. The van der Waals surface area contributed by atoms with E-state index >= 15 is 0 Å². The van der Waals surface area contributed by atoms with Gasteiger partial charge in [-0.15, -0.1) is 0 Å². The molecule has 0 fully saturated rings. The summed E-state index contributed by atoms with van der Waals surface area (Å²) in [5, 5.41) is 4.82. The summed E-state index contributed by atoms with van der Waals surface area (Å²) in [4.78, 5) is 12.3. The van der Waals surface area contributed by atoms with Gasteiger partial charge in [0.05, 0.1) is 6.54 Å². The number of carbonyl (C=O) groups is 1. The molecule has 0 aliphatic rings. The van der Waals surface area contributed by atoms with E-state index in [1.807, 2.05) is 43.3 Å². The van der Waals surface area contributed by atoms with E-state index in [0.717, 1.165) is 17.8 Å². The van der Waals surface area contributed by atoms with Gasteiger partial charge in [0.2, 0.25) is 0 Å². The van der Waals surface area contributed by atoms with Crippen molar-refractivity contribution >= 4 is 19.7 Å². The van der Waals surface area contributed by atoms with Crippen molar-refractivity contribution in [3.05, 3.63) is 71.8 Å². The van der Waals surface area contributed by atoms with Crippen molar-refractivity contribution in [2.75, 3.05) is 0 Å². The summed E-state index contributed by atoms with van der Waals surface area (Å²) in [7, 11) is -1.62. The van der Waals surface area contributed by atoms with Crippen LogP contribution >= 0.6 is 0 Å². The molecule has 0 aromatic heterocycles. The molecule has 0 amide bonds. The summed E-state index contributed by atoms with van der Waals surface area (Å²) in [5.74, 6) is 0.211. The molecule has 0 saturated heterocycles. The first-order valence-corrected chi connectivity index (χ1v) is 12.2. The molecule has 0 N–H and O–H groups in total. The Morgan fingerprint density at radius 3 is 1.96 bits per heavy atom. The van der Waals surface area contributed by atoms with Crippen LogP contribution in [0.4, 0.5) is 0 Å². The minimum absolute atomic E-state index is 0.211. The summed E-state index contributed by atoms with van der Waals surface area (Å²) in [6, 6.07) is 20.3. The first-order chi connectivity index (χ1) is 11.8. The Morgan fingerprint density at radius 2 is 1.44 bits per heavy atom. The smallest absolute Gasteiger partial charge is 0.169 e. The van der Waals surface area contributed by atoms with Crippen molar-refractivity contribution in [1.29, 1.82) is 0 Å². The fourth-order valence-corrected chi connectivity index (χ4v) is 3.72. The zero-order chi connectivity index (χ0) is 18.3. The van der Waals surface area contributed by atoms with Crippen molar-refractivity contribution in [2.45, 2.75) is 46.0 Å². The number of hydrogen-bond donors (Lipinski definition) is 0. The minimum Gasteiger partial charge on any atom is -0.320 e. The summed E-state index contributed by atoms with van der Waals surface area (Å²) in [5.41, 5.74) is 3.20. The summed E-state index contributed by atoms with van der Waals surface area (Å²) in [6.07, 6.45) is 0.879. The first-order valence-electron chi connectivity index (χ1n) is 8.76. The third-order valence-electron chi connectivity index (χ3n) is 3.94. The number of hydrogen-bond acceptors (Lipinski definition) is 3. The van der Waals surface area contributed by atoms with E-state index in [1.165, 1.54) is 5.56 Å². The maximum Gasteiger partial charge on any atom is 0.169 e. The van der Waals surface area contributed by atoms with Crippen molar-refractivity contribution in [3.63, 3.8) is 0 Å². The number of Topliss-reactive ketones (excluding diaryl/α,β-unsaturated/α-hetero) is 1. The van der Waals surface area contributed by atoms with Crippen LogP contribution in [-0.4, -0.2) is 24.4 Å². The Morgan fingerprint density at radius 1 is 0.920 bits per heavy atom. The highest BCUT2D eigenvalue weighted by Gasteiger charge is 2.23. The Labute approximate surface area is 152 Å². The highest BCUT2D eigenvalue weighted by atomic mass is 28.3. The Balaban J connectivity index is 2.03. The molecule has 0 unspecified atom stereocenters. The zero-order valence-corrected chi connectivity index (χ0v) is 16.7. The number of carbonyl (C=O) groups excluding carboxylic acids is 1. The van der Waals surface area contributed by atoms with Crippen LogP contribution < -0.4 is 0 Å². The normalized spacial score (nSPS) is 12.1. The van der Waals surface area contributed by atoms with E-state index < -0.39 is 8.24 Å². The SMILES string of the molecule is CC(CC(=O)Cc1ccccc1)=NN(Cc1ccccc1)[Si](C)(C)C. The molecule has 3 nitrogen and oxygen atoms in total. The molecule has 2 aromatic rings. The van der Waals surface area contributed by atoms with Gasteiger partial charge in [-0.1, -0.05) is 80.3 Å². The van der Waals surface area contributed by atoms with Crippen molar-refractivity contribution in [3.8, 4) is 0 Å². The highest BCUT2D eigenvalue weighted by Crippen LogP contribution is 2.16. The molecule has 0 atom stereocenters. The molecule has 2 rings (SSSR count). The molecule has 0 radical (unpaired) electrons. The van der Waals surface area contributed by atoms with Crippen LogP contribution in [-0.2, 0) is 17.8 Å². The van der Waals surface area contributed by atoms with Gasteiger partial charge in [-0.2, -0.15) is 5.10 Å². The van der Waals surface area contributed by atoms with Crippen molar-refractivity contribution in [2.24, 2.45) is 5.10 Å². The molecule has 0 saturated carbocycles. The summed E-state index contributed by atoms with van der Waals surface area (Å²) >= 11 is 0. The van der Waals surface area contributed by atoms with Gasteiger partial charge in [-0.3, -0.25) is 4.79 Å². The molecule has 2 aromatic carbocycles. The largest absolute Gasteiger partial charge is 0.320 e. The molecule has 0 aliphatic carbocycles. The van der Waals surface area contributed by atoms with Crippen molar-refractivity contribution in [1.82, 2.24) is 4.67 Å². The van der Waals surface area contributed by atoms with E-state index in [9.17, 15) is 4.79 Å². The molecular formula is C21H28N2OSi. The van der Waals surface area contributed by atoms with E-state index in [0.29, 0.717) is 12.8 Å². The topological polar surface area (TPSA) is 32.7 Å². The van der Waals surface area contributed by atoms with Gasteiger partial charge < -0.3 is 4.67 Å². The second kappa shape index (κ2) is 8.76. The Kier molecular flexibility index (Phi) is 6.71. The summed E-state index contributed by atoms with van der Waals surface area (Å²) < 4.78 is 2.20. The number of hydrazone groups is 1. The summed E-state index contributed by atoms with van der Waals surface area (Å²) in [6.45, 7) is 9.58. The van der Waals surface area contributed by atoms with Gasteiger partial charge in [-0.05, 0) is 18.1 Å². The van der Waals surface area contributed by atoms with E-state index in [1.54, 1.807) is 0 Å². The second-order valence-corrected chi connectivity index (χ2v) is 12.3. The van der Waals surface area contributed by atoms with Crippen LogP contribution in [0.25, 0.3) is 0 Å². The third-order valence-corrected chi connectivity index (χ3v) is 5.74. The second-order valence-electron chi connectivity index (χ2n) is 7.43. The molecule has 0 aliphatic heterocycles. The molecule has 4 heteroatoms. The van der Waals surface area contributed by atoms with Gasteiger partial charge >= 0.3 is 0 Å². The molecule has 0 heterocycles. The third kappa shape index (κ3) is 6.67. The van der Waals surface area contributed by atoms with E-state index in [4.69, 9.17) is 5.10 Å². The van der Waals surface area contributed by atoms with Crippen LogP contribution in [0.5, 0.6) is 0 Å². The number of benzene rings is 2. The van der Waals surface area contributed by atoms with E-state index in [-0.39, 0.29) is 5.78 Å². The predicted molar refractivity (Wildman–Crippen MR) is 108 cm³/mol. The lowest BCUT2D eigenvalue weighted by molar-refractivity contribution is -0.117. The highest BCUT2D eigenvalue weighted by molar-refractivity contribution is 6.73.